The summed E-state index contributed by atoms with van der Waals surface area (Å²) in [6.45, 7) is 12.0. The van der Waals surface area contributed by atoms with Crippen molar-refractivity contribution in [3.05, 3.63) is 114 Å². The second-order valence-corrected chi connectivity index (χ2v) is 9.21. The molecule has 1 aromatic heterocycles. The SMILES string of the molecule is C=Cc1nc(Nc2ccc(C(=O)Nc3cccc(CN4CCOCC4)c3)cc2)nc(-c2ccccc2)c1C=C. The predicted octanol–water partition coefficient (Wildman–Crippen LogP) is 6.26. The standard InChI is InChI=1S/C32H31N5O2/c1-3-28-29(4-2)35-32(36-30(28)24-10-6-5-7-11-24)34-26-15-13-25(14-16-26)31(38)33-27-12-8-9-23(21-27)22-37-17-19-39-20-18-37/h3-16,21H,1-2,17-20,22H2,(H,33,38)(H,34,35,36). The molecule has 4 aromatic rings. The molecule has 7 heteroatoms. The van der Waals surface area contributed by atoms with Crippen molar-refractivity contribution in [3.8, 4) is 11.3 Å². The molecule has 1 saturated heterocycles. The van der Waals surface area contributed by atoms with Gasteiger partial charge in [0.05, 0.1) is 24.6 Å². The van der Waals surface area contributed by atoms with Gasteiger partial charge in [-0.25, -0.2) is 9.97 Å². The highest BCUT2D eigenvalue weighted by molar-refractivity contribution is 6.04. The highest BCUT2D eigenvalue weighted by Crippen LogP contribution is 2.28. The van der Waals surface area contributed by atoms with Crippen molar-refractivity contribution in [2.45, 2.75) is 6.54 Å². The van der Waals surface area contributed by atoms with Crippen molar-refractivity contribution in [2.24, 2.45) is 0 Å². The Balaban J connectivity index is 1.28. The van der Waals surface area contributed by atoms with Crippen molar-refractivity contribution in [2.75, 3.05) is 36.9 Å². The number of aromatic nitrogens is 2. The van der Waals surface area contributed by atoms with E-state index in [9.17, 15) is 4.79 Å². The topological polar surface area (TPSA) is 79.4 Å². The lowest BCUT2D eigenvalue weighted by Crippen LogP contribution is -2.35. The summed E-state index contributed by atoms with van der Waals surface area (Å²) >= 11 is 0. The van der Waals surface area contributed by atoms with Gasteiger partial charge < -0.3 is 15.4 Å². The van der Waals surface area contributed by atoms with E-state index in [0.29, 0.717) is 17.2 Å². The van der Waals surface area contributed by atoms with Gasteiger partial charge in [-0.1, -0.05) is 61.7 Å². The average Bonchev–Trinajstić information content (AvgIpc) is 2.98. The van der Waals surface area contributed by atoms with Crippen LogP contribution in [0.1, 0.15) is 27.2 Å². The Hall–Kier alpha value is -4.59. The van der Waals surface area contributed by atoms with E-state index in [0.717, 1.165) is 66.6 Å². The van der Waals surface area contributed by atoms with Gasteiger partial charge in [-0.2, -0.15) is 0 Å². The van der Waals surface area contributed by atoms with Gasteiger partial charge in [0.25, 0.3) is 5.91 Å². The molecule has 0 unspecified atom stereocenters. The van der Waals surface area contributed by atoms with Crippen molar-refractivity contribution in [3.63, 3.8) is 0 Å². The van der Waals surface area contributed by atoms with E-state index in [1.54, 1.807) is 24.3 Å². The first-order valence-corrected chi connectivity index (χ1v) is 12.9. The van der Waals surface area contributed by atoms with Crippen LogP contribution in [0, 0.1) is 0 Å². The van der Waals surface area contributed by atoms with Crippen molar-refractivity contribution < 1.29 is 9.53 Å². The Morgan fingerprint density at radius 3 is 2.38 bits per heavy atom. The van der Waals surface area contributed by atoms with Gasteiger partial charge in [0.2, 0.25) is 5.95 Å². The zero-order chi connectivity index (χ0) is 27.0. The summed E-state index contributed by atoms with van der Waals surface area (Å²) in [6.07, 6.45) is 3.44. The smallest absolute Gasteiger partial charge is 0.255 e. The van der Waals surface area contributed by atoms with Crippen LogP contribution in [0.15, 0.2) is 92.0 Å². The van der Waals surface area contributed by atoms with Crippen LogP contribution in [0.4, 0.5) is 17.3 Å². The molecule has 0 radical (unpaired) electrons. The molecule has 0 spiro atoms. The molecule has 39 heavy (non-hydrogen) atoms. The van der Waals surface area contributed by atoms with Crippen LogP contribution in [0.5, 0.6) is 0 Å². The number of anilines is 3. The summed E-state index contributed by atoms with van der Waals surface area (Å²) in [5, 5.41) is 6.26. The molecule has 5 rings (SSSR count). The van der Waals surface area contributed by atoms with Crippen molar-refractivity contribution >= 4 is 35.4 Å². The van der Waals surface area contributed by atoms with E-state index in [1.807, 2.05) is 60.7 Å². The van der Waals surface area contributed by atoms with E-state index in [4.69, 9.17) is 9.72 Å². The fourth-order valence-electron chi connectivity index (χ4n) is 4.52. The fourth-order valence-corrected chi connectivity index (χ4v) is 4.52. The molecular weight excluding hydrogens is 486 g/mol. The number of carbonyl (C=O) groups is 1. The van der Waals surface area contributed by atoms with Crippen LogP contribution >= 0.6 is 0 Å². The van der Waals surface area contributed by atoms with Gasteiger partial charge in [-0.15, -0.1) is 0 Å². The minimum absolute atomic E-state index is 0.169. The first kappa shape index (κ1) is 26.0. The second kappa shape index (κ2) is 12.3. The first-order valence-electron chi connectivity index (χ1n) is 12.9. The zero-order valence-corrected chi connectivity index (χ0v) is 21.8. The van der Waals surface area contributed by atoms with Crippen LogP contribution < -0.4 is 10.6 Å². The molecule has 7 nitrogen and oxygen atoms in total. The number of rotatable bonds is 9. The third-order valence-corrected chi connectivity index (χ3v) is 6.52. The van der Waals surface area contributed by atoms with Gasteiger partial charge in [0, 0.05) is 47.7 Å². The highest BCUT2D eigenvalue weighted by atomic mass is 16.5. The Morgan fingerprint density at radius 2 is 1.67 bits per heavy atom. The van der Waals surface area contributed by atoms with Crippen molar-refractivity contribution in [1.29, 1.82) is 0 Å². The highest BCUT2D eigenvalue weighted by Gasteiger charge is 2.14. The summed E-state index contributed by atoms with van der Waals surface area (Å²) in [6, 6.07) is 25.1. The summed E-state index contributed by atoms with van der Waals surface area (Å²) in [5.41, 5.74) is 6.49. The fraction of sp³-hybridized carbons (Fsp3) is 0.156. The quantitative estimate of drug-likeness (QED) is 0.273. The molecule has 1 aliphatic heterocycles. The first-order chi connectivity index (χ1) is 19.1. The molecule has 1 fully saturated rings. The van der Waals surface area contributed by atoms with Crippen LogP contribution in [-0.2, 0) is 11.3 Å². The maximum Gasteiger partial charge on any atom is 0.255 e. The van der Waals surface area contributed by atoms with Gasteiger partial charge in [0.1, 0.15) is 0 Å². The van der Waals surface area contributed by atoms with E-state index in [1.165, 1.54) is 0 Å². The van der Waals surface area contributed by atoms with E-state index in [-0.39, 0.29) is 5.91 Å². The minimum Gasteiger partial charge on any atom is -0.379 e. The summed E-state index contributed by atoms with van der Waals surface area (Å²) < 4.78 is 5.43. The number of ether oxygens (including phenoxy) is 1. The van der Waals surface area contributed by atoms with Crippen LogP contribution in [0.25, 0.3) is 23.4 Å². The Bertz CT molecular complexity index is 1460. The second-order valence-electron chi connectivity index (χ2n) is 9.21. The molecule has 1 amide bonds. The van der Waals surface area contributed by atoms with E-state index in [2.05, 4.69) is 39.7 Å². The zero-order valence-electron chi connectivity index (χ0n) is 21.8. The maximum atomic E-state index is 12.9. The van der Waals surface area contributed by atoms with Crippen molar-refractivity contribution in [1.82, 2.24) is 14.9 Å². The Labute approximate surface area is 228 Å². The van der Waals surface area contributed by atoms with Crippen LogP contribution in [0.2, 0.25) is 0 Å². The average molecular weight is 518 g/mol. The molecule has 196 valence electrons. The minimum atomic E-state index is -0.169. The number of morpholine rings is 1. The summed E-state index contributed by atoms with van der Waals surface area (Å²) in [5.74, 6) is 0.264. The van der Waals surface area contributed by atoms with E-state index >= 15 is 0 Å². The molecule has 0 aliphatic carbocycles. The van der Waals surface area contributed by atoms with E-state index < -0.39 is 0 Å². The third kappa shape index (κ3) is 6.46. The number of nitrogens with one attached hydrogen (secondary N) is 2. The molecule has 2 heterocycles. The molecular formula is C32H31N5O2. The molecule has 2 N–H and O–H groups in total. The maximum absolute atomic E-state index is 12.9. The number of hydrogen-bond donors (Lipinski definition) is 2. The summed E-state index contributed by atoms with van der Waals surface area (Å²) in [4.78, 5) is 24.6. The number of hydrogen-bond acceptors (Lipinski definition) is 6. The number of benzene rings is 3. The lowest BCUT2D eigenvalue weighted by Gasteiger charge is -2.26. The van der Waals surface area contributed by atoms with Gasteiger partial charge in [0.15, 0.2) is 0 Å². The Kier molecular flexibility index (Phi) is 8.21. The molecule has 0 saturated carbocycles. The van der Waals surface area contributed by atoms with Crippen LogP contribution in [0.3, 0.4) is 0 Å². The third-order valence-electron chi connectivity index (χ3n) is 6.52. The van der Waals surface area contributed by atoms with Gasteiger partial charge in [-0.05, 0) is 48.0 Å². The molecule has 1 aliphatic rings. The normalized spacial score (nSPS) is 13.4. The largest absolute Gasteiger partial charge is 0.379 e. The Morgan fingerprint density at radius 1 is 0.897 bits per heavy atom. The number of carbonyl (C=O) groups excluding carboxylic acids is 1. The molecule has 0 atom stereocenters. The van der Waals surface area contributed by atoms with Gasteiger partial charge in [-0.3, -0.25) is 9.69 Å². The number of nitrogens with zero attached hydrogens (tertiary/aromatic N) is 3. The molecule has 0 bridgehead atoms. The summed E-state index contributed by atoms with van der Waals surface area (Å²) in [7, 11) is 0. The lowest BCUT2D eigenvalue weighted by molar-refractivity contribution is 0.0342. The van der Waals surface area contributed by atoms with Crippen LogP contribution in [-0.4, -0.2) is 47.1 Å². The van der Waals surface area contributed by atoms with Gasteiger partial charge >= 0.3 is 0 Å². The number of amides is 1. The monoisotopic (exact) mass is 517 g/mol. The predicted molar refractivity (Wildman–Crippen MR) is 158 cm³/mol. The molecule has 3 aromatic carbocycles. The lowest BCUT2D eigenvalue weighted by atomic mass is 10.0.